The number of nitrogens with two attached hydrogens (primary N) is 1. The Morgan fingerprint density at radius 1 is 1.43 bits per heavy atom. The monoisotopic (exact) mass is 299 g/mol. The molecule has 0 bridgehead atoms. The van der Waals surface area contributed by atoms with E-state index in [9.17, 15) is 28.9 Å². The first-order chi connectivity index (χ1) is 9.72. The lowest BCUT2D eigenvalue weighted by atomic mass is 10.1. The average Bonchev–Trinajstić information content (AvgIpc) is 2.36. The maximum Gasteiger partial charge on any atom is 0.326 e. The maximum atomic E-state index is 13.6. The summed E-state index contributed by atoms with van der Waals surface area (Å²) in [6, 6.07) is 0.636. The van der Waals surface area contributed by atoms with Crippen molar-refractivity contribution in [3.05, 3.63) is 39.7 Å². The lowest BCUT2D eigenvalue weighted by Crippen LogP contribution is -2.43. The zero-order valence-electron chi connectivity index (χ0n) is 10.4. The van der Waals surface area contributed by atoms with Crippen molar-refractivity contribution < 1.29 is 28.8 Å². The van der Waals surface area contributed by atoms with Crippen LogP contribution in [-0.2, 0) is 9.59 Å². The van der Waals surface area contributed by atoms with E-state index in [-0.39, 0.29) is 0 Å². The van der Waals surface area contributed by atoms with E-state index < -0.39 is 52.2 Å². The van der Waals surface area contributed by atoms with Gasteiger partial charge in [0.05, 0.1) is 23.0 Å². The van der Waals surface area contributed by atoms with Crippen LogP contribution in [0.25, 0.3) is 0 Å². The Bertz CT molecular complexity index is 618. The molecule has 1 aromatic carbocycles. The van der Waals surface area contributed by atoms with E-state index in [0.29, 0.717) is 6.07 Å². The van der Waals surface area contributed by atoms with E-state index >= 15 is 0 Å². The smallest absolute Gasteiger partial charge is 0.326 e. The van der Waals surface area contributed by atoms with Gasteiger partial charge in [-0.3, -0.25) is 19.7 Å². The highest BCUT2D eigenvalue weighted by molar-refractivity contribution is 5.98. The predicted octanol–water partition coefficient (Wildman–Crippen LogP) is -0.208. The number of hydrogen-bond donors (Lipinski definition) is 3. The average molecular weight is 299 g/mol. The van der Waals surface area contributed by atoms with Gasteiger partial charge in [0, 0.05) is 6.07 Å². The summed E-state index contributed by atoms with van der Waals surface area (Å²) in [5.41, 5.74) is 3.68. The number of rotatable bonds is 6. The molecule has 0 aliphatic rings. The van der Waals surface area contributed by atoms with Crippen LogP contribution < -0.4 is 11.1 Å². The molecule has 4 N–H and O–H groups in total. The number of nitro groups is 1. The van der Waals surface area contributed by atoms with E-state index in [2.05, 4.69) is 0 Å². The highest BCUT2D eigenvalue weighted by Crippen LogP contribution is 2.16. The fourth-order valence-corrected chi connectivity index (χ4v) is 1.44. The molecule has 0 aliphatic heterocycles. The van der Waals surface area contributed by atoms with Crippen molar-refractivity contribution in [2.24, 2.45) is 5.73 Å². The molecule has 1 atom stereocenters. The van der Waals surface area contributed by atoms with Gasteiger partial charge in [-0.2, -0.15) is 0 Å². The maximum absolute atomic E-state index is 13.6. The van der Waals surface area contributed by atoms with Gasteiger partial charge in [0.1, 0.15) is 11.9 Å². The van der Waals surface area contributed by atoms with Crippen molar-refractivity contribution in [2.45, 2.75) is 12.5 Å². The van der Waals surface area contributed by atoms with E-state index in [1.54, 1.807) is 0 Å². The summed E-state index contributed by atoms with van der Waals surface area (Å²) in [7, 11) is 0. The second-order valence-electron chi connectivity index (χ2n) is 3.96. The Morgan fingerprint density at radius 2 is 2.05 bits per heavy atom. The normalized spacial score (nSPS) is 11.5. The first-order valence-electron chi connectivity index (χ1n) is 5.48. The number of hydrogen-bond acceptors (Lipinski definition) is 5. The van der Waals surface area contributed by atoms with Gasteiger partial charge in [-0.1, -0.05) is 0 Å². The molecular formula is C11H10FN3O6. The predicted molar refractivity (Wildman–Crippen MR) is 65.8 cm³/mol. The van der Waals surface area contributed by atoms with Crippen LogP contribution in [0.2, 0.25) is 0 Å². The second kappa shape index (κ2) is 6.41. The number of primary amides is 1. The molecule has 112 valence electrons. The third-order valence-corrected chi connectivity index (χ3v) is 2.42. The first-order valence-corrected chi connectivity index (χ1v) is 5.48. The summed E-state index contributed by atoms with van der Waals surface area (Å²) >= 11 is 0. The van der Waals surface area contributed by atoms with E-state index in [1.165, 1.54) is 0 Å². The Hall–Kier alpha value is -3.04. The number of non-ortho nitro benzene ring substituents is 1. The SMILES string of the molecule is NC(=O)CC(NC(=O)c1ccc([N+](=O)[O-])cc1F)C(=O)O. The minimum absolute atomic E-state index is 0.527. The molecule has 21 heavy (non-hydrogen) atoms. The van der Waals surface area contributed by atoms with Crippen LogP contribution in [0.3, 0.4) is 0 Å². The third-order valence-electron chi connectivity index (χ3n) is 2.42. The van der Waals surface area contributed by atoms with Crippen molar-refractivity contribution in [3.63, 3.8) is 0 Å². The number of halogens is 1. The lowest BCUT2D eigenvalue weighted by molar-refractivity contribution is -0.385. The van der Waals surface area contributed by atoms with Crippen molar-refractivity contribution >= 4 is 23.5 Å². The van der Waals surface area contributed by atoms with Crippen LogP contribution in [0.15, 0.2) is 18.2 Å². The van der Waals surface area contributed by atoms with Gasteiger partial charge >= 0.3 is 5.97 Å². The van der Waals surface area contributed by atoms with Gasteiger partial charge in [0.15, 0.2) is 0 Å². The zero-order chi connectivity index (χ0) is 16.2. The van der Waals surface area contributed by atoms with Gasteiger partial charge in [-0.05, 0) is 6.07 Å². The van der Waals surface area contributed by atoms with E-state index in [4.69, 9.17) is 10.8 Å². The number of carboxylic acid groups (broad SMARTS) is 1. The van der Waals surface area contributed by atoms with Gasteiger partial charge in [0.25, 0.3) is 11.6 Å². The number of aliphatic carboxylic acids is 1. The Labute approximate surface area is 116 Å². The number of nitrogens with zero attached hydrogens (tertiary/aromatic N) is 1. The molecule has 0 radical (unpaired) electrons. The van der Waals surface area contributed by atoms with Crippen LogP contribution in [0.5, 0.6) is 0 Å². The van der Waals surface area contributed by atoms with Crippen molar-refractivity contribution in [1.82, 2.24) is 5.32 Å². The van der Waals surface area contributed by atoms with Gasteiger partial charge in [0.2, 0.25) is 5.91 Å². The Kier molecular flexibility index (Phi) is 4.89. The molecule has 0 aliphatic carbocycles. The summed E-state index contributed by atoms with van der Waals surface area (Å²) in [5, 5.41) is 21.1. The Balaban J connectivity index is 2.95. The van der Waals surface area contributed by atoms with Crippen LogP contribution in [0.1, 0.15) is 16.8 Å². The fraction of sp³-hybridized carbons (Fsp3) is 0.182. The molecular weight excluding hydrogens is 289 g/mol. The first kappa shape index (κ1) is 16.0. The number of benzene rings is 1. The standard InChI is InChI=1S/C11H10FN3O6/c12-7-3-5(15(20)21)1-2-6(7)10(17)14-8(11(18)19)4-9(13)16/h1-3,8H,4H2,(H2,13,16)(H,14,17)(H,18,19). The molecule has 0 saturated heterocycles. The summed E-state index contributed by atoms with van der Waals surface area (Å²) in [5.74, 6) is -4.81. The van der Waals surface area contributed by atoms with E-state index in [1.807, 2.05) is 5.32 Å². The van der Waals surface area contributed by atoms with Crippen LogP contribution in [0, 0.1) is 15.9 Å². The highest BCUT2D eigenvalue weighted by Gasteiger charge is 2.24. The largest absolute Gasteiger partial charge is 0.480 e. The molecule has 2 amide bonds. The van der Waals surface area contributed by atoms with Crippen LogP contribution in [0.4, 0.5) is 10.1 Å². The molecule has 10 heteroatoms. The summed E-state index contributed by atoms with van der Waals surface area (Å²) in [6.07, 6.45) is -0.671. The topological polar surface area (TPSA) is 153 Å². The van der Waals surface area contributed by atoms with Crippen LogP contribution >= 0.6 is 0 Å². The molecule has 0 fully saturated rings. The minimum Gasteiger partial charge on any atom is -0.480 e. The van der Waals surface area contributed by atoms with Crippen LogP contribution in [-0.4, -0.2) is 33.9 Å². The molecule has 0 aromatic heterocycles. The highest BCUT2D eigenvalue weighted by atomic mass is 19.1. The molecule has 1 aromatic rings. The minimum atomic E-state index is -1.62. The molecule has 0 spiro atoms. The molecule has 1 rings (SSSR count). The molecule has 9 nitrogen and oxygen atoms in total. The number of carbonyl (C=O) groups excluding carboxylic acids is 2. The van der Waals surface area contributed by atoms with Gasteiger partial charge in [-0.25, -0.2) is 9.18 Å². The summed E-state index contributed by atoms with van der Waals surface area (Å²) in [4.78, 5) is 42.8. The zero-order valence-corrected chi connectivity index (χ0v) is 10.4. The van der Waals surface area contributed by atoms with Crippen molar-refractivity contribution in [2.75, 3.05) is 0 Å². The van der Waals surface area contributed by atoms with Gasteiger partial charge in [-0.15, -0.1) is 0 Å². The van der Waals surface area contributed by atoms with Gasteiger partial charge < -0.3 is 16.2 Å². The molecule has 0 saturated carbocycles. The Morgan fingerprint density at radius 3 is 2.48 bits per heavy atom. The molecule has 1 unspecified atom stereocenters. The number of nitrogens with one attached hydrogen (secondary N) is 1. The third kappa shape index (κ3) is 4.23. The van der Waals surface area contributed by atoms with E-state index in [0.717, 1.165) is 12.1 Å². The number of carbonyl (C=O) groups is 3. The number of nitro benzene ring substituents is 1. The summed E-state index contributed by atoms with van der Waals surface area (Å²) < 4.78 is 13.6. The lowest BCUT2D eigenvalue weighted by Gasteiger charge is -2.13. The number of carboxylic acids is 1. The second-order valence-corrected chi connectivity index (χ2v) is 3.96. The summed E-state index contributed by atoms with van der Waals surface area (Å²) in [6.45, 7) is 0. The molecule has 0 heterocycles. The van der Waals surface area contributed by atoms with Crippen molar-refractivity contribution in [3.8, 4) is 0 Å². The van der Waals surface area contributed by atoms with Crippen molar-refractivity contribution in [1.29, 1.82) is 0 Å². The quantitative estimate of drug-likeness (QED) is 0.488. The fourth-order valence-electron chi connectivity index (χ4n) is 1.44. The number of amides is 2.